The van der Waals surface area contributed by atoms with Crippen LogP contribution in [0.5, 0.6) is 11.5 Å². The van der Waals surface area contributed by atoms with Crippen LogP contribution in [0.3, 0.4) is 0 Å². The van der Waals surface area contributed by atoms with E-state index < -0.39 is 23.3 Å². The Hall–Kier alpha value is -5.36. The molecule has 0 spiro atoms. The summed E-state index contributed by atoms with van der Waals surface area (Å²) in [6.07, 6.45) is 0. The Kier molecular flexibility index (Phi) is 6.97. The number of fused-ring (bicyclic) bond motifs is 2. The molecule has 0 aliphatic carbocycles. The van der Waals surface area contributed by atoms with E-state index in [0.29, 0.717) is 34.9 Å². The highest BCUT2D eigenvalue weighted by Crippen LogP contribution is 2.35. The van der Waals surface area contributed by atoms with Crippen LogP contribution in [0.1, 0.15) is 19.4 Å². The molecular formula is C30H23N5O6S. The van der Waals surface area contributed by atoms with Crippen molar-refractivity contribution in [2.24, 2.45) is 0 Å². The van der Waals surface area contributed by atoms with Gasteiger partial charge in [0.25, 0.3) is 11.5 Å². The van der Waals surface area contributed by atoms with E-state index in [1.54, 1.807) is 72.8 Å². The first-order chi connectivity index (χ1) is 20.3. The average Bonchev–Trinajstić information content (AvgIpc) is 3.60. The lowest BCUT2D eigenvalue weighted by Gasteiger charge is -2.16. The van der Waals surface area contributed by atoms with Crippen LogP contribution in [-0.2, 0) is 14.4 Å². The molecule has 1 N–H and O–H groups in total. The largest absolute Gasteiger partial charge is 0.494 e. The molecule has 12 heteroatoms. The molecule has 0 radical (unpaired) electrons. The van der Waals surface area contributed by atoms with Gasteiger partial charge in [-0.3, -0.25) is 24.1 Å². The highest BCUT2D eigenvalue weighted by molar-refractivity contribution is 7.15. The van der Waals surface area contributed by atoms with Gasteiger partial charge in [-0.05, 0) is 49.4 Å². The summed E-state index contributed by atoms with van der Waals surface area (Å²) in [5, 5.41) is 7.16. The molecule has 3 aromatic carbocycles. The molecule has 210 valence electrons. The number of carbonyl (C=O) groups is 3. The summed E-state index contributed by atoms with van der Waals surface area (Å²) in [5.41, 5.74) is 1.74. The standard InChI is InChI=1S/C30H23N5O6S/c1-3-40-19-14-12-18(13-15-19)31-24(37)16-34-22-10-6-4-8-20(22)25(28(34)38)26-29(39)35-30(42-26)32-27(33-35)21-9-5-7-11-23(21)41-17(2)36/h4-15H,3,16H2,1-2H3,(H,31,37)/b26-25-. The molecule has 1 aliphatic heterocycles. The minimum Gasteiger partial charge on any atom is -0.494 e. The number of nitrogens with zero attached hydrogens (tertiary/aromatic N) is 4. The van der Waals surface area contributed by atoms with Crippen LogP contribution in [0.15, 0.2) is 77.6 Å². The van der Waals surface area contributed by atoms with E-state index in [4.69, 9.17) is 9.47 Å². The lowest BCUT2D eigenvalue weighted by molar-refractivity contribution is -0.131. The number of amides is 2. The predicted octanol–water partition coefficient (Wildman–Crippen LogP) is 3.05. The van der Waals surface area contributed by atoms with Gasteiger partial charge in [-0.15, -0.1) is 5.10 Å². The number of para-hydroxylation sites is 2. The normalized spacial score (nSPS) is 13.8. The molecular weight excluding hydrogens is 558 g/mol. The van der Waals surface area contributed by atoms with E-state index in [0.717, 1.165) is 15.9 Å². The maximum atomic E-state index is 13.7. The van der Waals surface area contributed by atoms with Gasteiger partial charge in [-0.25, -0.2) is 0 Å². The molecule has 11 nitrogen and oxygen atoms in total. The van der Waals surface area contributed by atoms with E-state index in [1.165, 1.54) is 11.8 Å². The summed E-state index contributed by atoms with van der Waals surface area (Å²) in [6.45, 7) is 3.46. The zero-order valence-corrected chi connectivity index (χ0v) is 23.3. The number of esters is 1. The van der Waals surface area contributed by atoms with Gasteiger partial charge in [-0.2, -0.15) is 9.50 Å². The van der Waals surface area contributed by atoms with Crippen LogP contribution in [-0.4, -0.2) is 45.5 Å². The molecule has 2 aromatic heterocycles. The van der Waals surface area contributed by atoms with Gasteiger partial charge >= 0.3 is 5.97 Å². The number of aromatic nitrogens is 3. The fraction of sp³-hybridized carbons (Fsp3) is 0.133. The maximum Gasteiger partial charge on any atom is 0.308 e. The lowest BCUT2D eigenvalue weighted by atomic mass is 10.1. The van der Waals surface area contributed by atoms with E-state index in [2.05, 4.69) is 15.4 Å². The van der Waals surface area contributed by atoms with Crippen molar-refractivity contribution in [2.45, 2.75) is 13.8 Å². The molecule has 2 amide bonds. The first-order valence-corrected chi connectivity index (χ1v) is 13.8. The fourth-order valence-corrected chi connectivity index (χ4v) is 5.69. The Morgan fingerprint density at radius 3 is 2.38 bits per heavy atom. The zero-order chi connectivity index (χ0) is 29.4. The summed E-state index contributed by atoms with van der Waals surface area (Å²) in [7, 11) is 0. The lowest BCUT2D eigenvalue weighted by Crippen LogP contribution is -2.37. The molecule has 42 heavy (non-hydrogen) atoms. The Morgan fingerprint density at radius 1 is 0.952 bits per heavy atom. The minimum absolute atomic E-state index is 0.164. The van der Waals surface area contributed by atoms with Gasteiger partial charge in [0.2, 0.25) is 10.9 Å². The topological polar surface area (TPSA) is 132 Å². The molecule has 0 saturated heterocycles. The number of carbonyl (C=O) groups excluding carboxylic acids is 3. The molecule has 3 heterocycles. The third-order valence-corrected chi connectivity index (χ3v) is 7.47. The molecule has 0 saturated carbocycles. The summed E-state index contributed by atoms with van der Waals surface area (Å²) < 4.78 is 12.0. The molecule has 0 atom stereocenters. The van der Waals surface area contributed by atoms with Crippen LogP contribution in [0.2, 0.25) is 0 Å². The highest BCUT2D eigenvalue weighted by atomic mass is 32.1. The third-order valence-electron chi connectivity index (χ3n) is 6.44. The second-order valence-corrected chi connectivity index (χ2v) is 10.2. The first-order valence-electron chi connectivity index (χ1n) is 13.0. The summed E-state index contributed by atoms with van der Waals surface area (Å²) >= 11 is 1.02. The van der Waals surface area contributed by atoms with Gasteiger partial charge in [0.1, 0.15) is 22.6 Å². The van der Waals surface area contributed by atoms with E-state index in [1.807, 2.05) is 6.92 Å². The molecule has 5 aromatic rings. The Bertz CT molecular complexity index is 1980. The fourth-order valence-electron chi connectivity index (χ4n) is 4.70. The van der Waals surface area contributed by atoms with Crippen LogP contribution >= 0.6 is 11.3 Å². The smallest absolute Gasteiger partial charge is 0.308 e. The van der Waals surface area contributed by atoms with E-state index in [-0.39, 0.29) is 33.2 Å². The van der Waals surface area contributed by atoms with Gasteiger partial charge in [-0.1, -0.05) is 41.7 Å². The molecule has 6 rings (SSSR count). The quantitative estimate of drug-likeness (QED) is 0.229. The highest BCUT2D eigenvalue weighted by Gasteiger charge is 2.35. The molecule has 1 aliphatic rings. The molecule has 0 unspecified atom stereocenters. The van der Waals surface area contributed by atoms with Crippen molar-refractivity contribution in [2.75, 3.05) is 23.4 Å². The summed E-state index contributed by atoms with van der Waals surface area (Å²) in [5.74, 6) is -0.210. The SMILES string of the molecule is CCOc1ccc(NC(=O)CN2C(=O)/C(=c3\sc4nc(-c5ccccc5OC(C)=O)nn4c3=O)c3ccccc32)cc1. The minimum atomic E-state index is -0.516. The van der Waals surface area contributed by atoms with Crippen molar-refractivity contribution in [3.8, 4) is 22.9 Å². The number of benzene rings is 3. The van der Waals surface area contributed by atoms with Crippen LogP contribution in [0.4, 0.5) is 11.4 Å². The maximum absolute atomic E-state index is 13.7. The van der Waals surface area contributed by atoms with Gasteiger partial charge in [0, 0.05) is 18.2 Å². The predicted molar refractivity (Wildman–Crippen MR) is 157 cm³/mol. The van der Waals surface area contributed by atoms with Crippen molar-refractivity contribution in [3.05, 3.63) is 93.2 Å². The van der Waals surface area contributed by atoms with Crippen molar-refractivity contribution < 1.29 is 23.9 Å². The Labute approximate surface area is 242 Å². The van der Waals surface area contributed by atoms with Crippen LogP contribution in [0, 0.1) is 0 Å². The monoisotopic (exact) mass is 581 g/mol. The number of ether oxygens (including phenoxy) is 2. The number of rotatable bonds is 7. The zero-order valence-electron chi connectivity index (χ0n) is 22.5. The van der Waals surface area contributed by atoms with Gasteiger partial charge < -0.3 is 14.8 Å². The van der Waals surface area contributed by atoms with Crippen molar-refractivity contribution in [1.82, 2.24) is 14.6 Å². The second-order valence-electron chi connectivity index (χ2n) is 9.24. The number of anilines is 2. The number of nitrogens with one attached hydrogen (secondary N) is 1. The number of hydrogen-bond donors (Lipinski definition) is 1. The van der Waals surface area contributed by atoms with Crippen molar-refractivity contribution in [3.63, 3.8) is 0 Å². The van der Waals surface area contributed by atoms with Crippen molar-refractivity contribution in [1.29, 1.82) is 0 Å². The Balaban J connectivity index is 1.34. The summed E-state index contributed by atoms with van der Waals surface area (Å²) in [6, 6.07) is 20.7. The number of hydrogen-bond acceptors (Lipinski definition) is 9. The van der Waals surface area contributed by atoms with Gasteiger partial charge in [0.15, 0.2) is 5.82 Å². The van der Waals surface area contributed by atoms with E-state index in [9.17, 15) is 19.2 Å². The Morgan fingerprint density at radius 2 is 1.67 bits per heavy atom. The van der Waals surface area contributed by atoms with Crippen LogP contribution < -0.4 is 29.8 Å². The molecule has 0 fully saturated rings. The number of thiazole rings is 1. The molecule has 0 bridgehead atoms. The summed E-state index contributed by atoms with van der Waals surface area (Å²) in [4.78, 5) is 57.8. The first kappa shape index (κ1) is 26.8. The van der Waals surface area contributed by atoms with E-state index >= 15 is 0 Å². The van der Waals surface area contributed by atoms with Gasteiger partial charge in [0.05, 0.1) is 23.4 Å². The van der Waals surface area contributed by atoms with Crippen LogP contribution in [0.25, 0.3) is 21.9 Å². The average molecular weight is 582 g/mol. The second kappa shape index (κ2) is 10.9. The van der Waals surface area contributed by atoms with Crippen molar-refractivity contribution >= 4 is 51.0 Å². The third kappa shape index (κ3) is 4.88.